The fourth-order valence-electron chi connectivity index (χ4n) is 3.83. The zero-order valence-electron chi connectivity index (χ0n) is 15.4. The van der Waals surface area contributed by atoms with Crippen LogP contribution in [0.15, 0.2) is 52.7 Å². The summed E-state index contributed by atoms with van der Waals surface area (Å²) in [6.07, 6.45) is 6.43. The van der Waals surface area contributed by atoms with E-state index in [2.05, 4.69) is 54.4 Å². The lowest BCUT2D eigenvalue weighted by atomic mass is 9.92. The van der Waals surface area contributed by atoms with Crippen molar-refractivity contribution in [2.75, 3.05) is 0 Å². The number of allylic oxidation sites excluding steroid dienone is 1. The fraction of sp³-hybridized carbons (Fsp3) is 0.217. The van der Waals surface area contributed by atoms with Gasteiger partial charge in [-0.1, -0.05) is 42.0 Å². The molecule has 0 heterocycles. The second-order valence-corrected chi connectivity index (χ2v) is 7.05. The minimum Gasteiger partial charge on any atom is -0.506 e. The van der Waals surface area contributed by atoms with Crippen LogP contribution >= 0.6 is 0 Å². The summed E-state index contributed by atoms with van der Waals surface area (Å²) in [6, 6.07) is 11.9. The highest BCUT2D eigenvalue weighted by Gasteiger charge is 2.13. The van der Waals surface area contributed by atoms with E-state index >= 15 is 0 Å². The summed E-state index contributed by atoms with van der Waals surface area (Å²) < 4.78 is 0. The zero-order valence-corrected chi connectivity index (χ0v) is 15.4. The molecule has 0 radical (unpaired) electrons. The number of hydrogen-bond donors (Lipinski definition) is 1. The van der Waals surface area contributed by atoms with Gasteiger partial charge >= 0.3 is 0 Å². The van der Waals surface area contributed by atoms with Crippen LogP contribution < -0.4 is 0 Å². The molecule has 3 aromatic rings. The number of aromatic hydroxyl groups is 1. The molecule has 3 aromatic carbocycles. The molecule has 1 aliphatic rings. The van der Waals surface area contributed by atoms with Crippen molar-refractivity contribution >= 4 is 28.2 Å². The van der Waals surface area contributed by atoms with E-state index in [0.29, 0.717) is 5.69 Å². The topological polar surface area (TPSA) is 45.0 Å². The molecule has 4 rings (SSSR count). The molecule has 0 fully saturated rings. The lowest BCUT2D eigenvalue weighted by Gasteiger charge is -2.15. The number of aryl methyl sites for hydroxylation is 3. The summed E-state index contributed by atoms with van der Waals surface area (Å²) in [5, 5.41) is 21.4. The number of azo groups is 1. The van der Waals surface area contributed by atoms with E-state index in [1.165, 1.54) is 16.7 Å². The molecule has 3 nitrogen and oxygen atoms in total. The normalized spacial score (nSPS) is 13.5. The van der Waals surface area contributed by atoms with Crippen molar-refractivity contribution < 1.29 is 5.11 Å². The van der Waals surface area contributed by atoms with Crippen molar-refractivity contribution in [3.63, 3.8) is 0 Å². The van der Waals surface area contributed by atoms with Gasteiger partial charge in [-0.2, -0.15) is 0 Å². The van der Waals surface area contributed by atoms with Gasteiger partial charge < -0.3 is 5.11 Å². The fourth-order valence-corrected chi connectivity index (χ4v) is 3.83. The smallest absolute Gasteiger partial charge is 0.143 e. The van der Waals surface area contributed by atoms with Crippen molar-refractivity contribution in [1.29, 1.82) is 0 Å². The van der Waals surface area contributed by atoms with Crippen molar-refractivity contribution in [3.05, 3.63) is 70.3 Å². The zero-order chi connectivity index (χ0) is 18.3. The maximum Gasteiger partial charge on any atom is 0.143 e. The van der Waals surface area contributed by atoms with E-state index in [1.54, 1.807) is 6.07 Å². The van der Waals surface area contributed by atoms with Gasteiger partial charge in [0.25, 0.3) is 0 Å². The second kappa shape index (κ2) is 6.41. The summed E-state index contributed by atoms with van der Waals surface area (Å²) in [5.74, 6) is 0.157. The first-order valence-electron chi connectivity index (χ1n) is 8.98. The highest BCUT2D eigenvalue weighted by atomic mass is 16.3. The van der Waals surface area contributed by atoms with Crippen LogP contribution in [-0.4, -0.2) is 5.11 Å². The number of nitrogens with zero attached hydrogens (tertiary/aromatic N) is 2. The van der Waals surface area contributed by atoms with Crippen molar-refractivity contribution in [3.8, 4) is 5.75 Å². The molecule has 0 aliphatic heterocycles. The number of phenolic OH excluding ortho intramolecular Hbond substituents is 1. The highest BCUT2D eigenvalue weighted by molar-refractivity contribution is 5.98. The van der Waals surface area contributed by atoms with Gasteiger partial charge in [0, 0.05) is 10.9 Å². The van der Waals surface area contributed by atoms with Gasteiger partial charge in [-0.3, -0.25) is 0 Å². The quantitative estimate of drug-likeness (QED) is 0.509. The molecule has 0 saturated heterocycles. The average molecular weight is 342 g/mol. The predicted molar refractivity (Wildman–Crippen MR) is 108 cm³/mol. The van der Waals surface area contributed by atoms with Crippen LogP contribution in [0, 0.1) is 20.8 Å². The van der Waals surface area contributed by atoms with E-state index in [1.807, 2.05) is 19.1 Å². The van der Waals surface area contributed by atoms with Gasteiger partial charge in [-0.15, -0.1) is 10.2 Å². The monoisotopic (exact) mass is 342 g/mol. The molecular formula is C23H22N2O. The van der Waals surface area contributed by atoms with Crippen molar-refractivity contribution in [2.24, 2.45) is 10.2 Å². The van der Waals surface area contributed by atoms with Gasteiger partial charge in [-0.25, -0.2) is 0 Å². The Morgan fingerprint density at radius 1 is 0.923 bits per heavy atom. The van der Waals surface area contributed by atoms with E-state index in [4.69, 9.17) is 0 Å². The first-order valence-corrected chi connectivity index (χ1v) is 8.98. The van der Waals surface area contributed by atoms with Gasteiger partial charge in [0.2, 0.25) is 0 Å². The summed E-state index contributed by atoms with van der Waals surface area (Å²) in [7, 11) is 0. The Labute approximate surface area is 153 Å². The number of benzene rings is 3. The molecule has 130 valence electrons. The van der Waals surface area contributed by atoms with E-state index in [-0.39, 0.29) is 5.75 Å². The number of fused-ring (bicyclic) bond motifs is 2. The van der Waals surface area contributed by atoms with Crippen LogP contribution in [0.25, 0.3) is 16.8 Å². The molecule has 0 aromatic heterocycles. The molecule has 0 bridgehead atoms. The summed E-state index contributed by atoms with van der Waals surface area (Å²) in [4.78, 5) is 0. The Morgan fingerprint density at radius 2 is 1.77 bits per heavy atom. The van der Waals surface area contributed by atoms with Crippen LogP contribution in [0.2, 0.25) is 0 Å². The number of phenols is 1. The van der Waals surface area contributed by atoms with E-state index < -0.39 is 0 Å². The Morgan fingerprint density at radius 3 is 2.62 bits per heavy atom. The molecule has 0 unspecified atom stereocenters. The standard InChI is InChI=1S/C23H22N2O/c1-14-12-16(3)22-17(13-14)9-11-21(26)23(22)25-24-20-10-8-15(2)18-6-4-5-7-19(18)20/h5,7-13,26H,4,6H2,1-3H3. The third-order valence-corrected chi connectivity index (χ3v) is 5.08. The van der Waals surface area contributed by atoms with E-state index in [0.717, 1.165) is 40.4 Å². The van der Waals surface area contributed by atoms with Crippen LogP contribution in [0.4, 0.5) is 11.4 Å². The Bertz CT molecular complexity index is 1080. The Kier molecular flexibility index (Phi) is 4.08. The largest absolute Gasteiger partial charge is 0.506 e. The predicted octanol–water partition coefficient (Wildman–Crippen LogP) is 6.85. The molecular weight excluding hydrogens is 320 g/mol. The number of rotatable bonds is 2. The van der Waals surface area contributed by atoms with E-state index in [9.17, 15) is 5.11 Å². The third-order valence-electron chi connectivity index (χ3n) is 5.08. The summed E-state index contributed by atoms with van der Waals surface area (Å²) >= 11 is 0. The first-order chi connectivity index (χ1) is 12.5. The lowest BCUT2D eigenvalue weighted by molar-refractivity contribution is 0.477. The van der Waals surface area contributed by atoms with Gasteiger partial charge in [0.15, 0.2) is 0 Å². The van der Waals surface area contributed by atoms with Crippen molar-refractivity contribution in [2.45, 2.75) is 33.6 Å². The maximum absolute atomic E-state index is 10.4. The molecule has 1 N–H and O–H groups in total. The second-order valence-electron chi connectivity index (χ2n) is 7.05. The maximum atomic E-state index is 10.4. The molecule has 0 saturated carbocycles. The third kappa shape index (κ3) is 2.80. The molecule has 1 aliphatic carbocycles. The minimum absolute atomic E-state index is 0.157. The molecule has 0 atom stereocenters. The van der Waals surface area contributed by atoms with Gasteiger partial charge in [-0.05, 0) is 67.8 Å². The highest BCUT2D eigenvalue weighted by Crippen LogP contribution is 2.39. The molecule has 26 heavy (non-hydrogen) atoms. The van der Waals surface area contributed by atoms with Crippen LogP contribution in [0.5, 0.6) is 5.75 Å². The van der Waals surface area contributed by atoms with Gasteiger partial charge in [0.1, 0.15) is 11.4 Å². The molecule has 0 spiro atoms. The molecule has 3 heteroatoms. The minimum atomic E-state index is 0.157. The van der Waals surface area contributed by atoms with Crippen LogP contribution in [0.1, 0.15) is 34.2 Å². The Hall–Kier alpha value is -2.94. The van der Waals surface area contributed by atoms with Crippen molar-refractivity contribution in [1.82, 2.24) is 0 Å². The lowest BCUT2D eigenvalue weighted by Crippen LogP contribution is -1.97. The SMILES string of the molecule is Cc1cc(C)c2c(N=Nc3ccc(C)c4c3C=CCC4)c(O)ccc2c1. The first kappa shape index (κ1) is 16.5. The number of hydrogen-bond acceptors (Lipinski definition) is 3. The van der Waals surface area contributed by atoms with Gasteiger partial charge in [0.05, 0.1) is 5.69 Å². The summed E-state index contributed by atoms with van der Waals surface area (Å²) in [5.41, 5.74) is 7.46. The Balaban J connectivity index is 1.87. The van der Waals surface area contributed by atoms with Crippen LogP contribution in [-0.2, 0) is 6.42 Å². The average Bonchev–Trinajstić information content (AvgIpc) is 2.63. The molecule has 0 amide bonds. The van der Waals surface area contributed by atoms with Crippen LogP contribution in [0.3, 0.4) is 0 Å². The summed E-state index contributed by atoms with van der Waals surface area (Å²) in [6.45, 7) is 6.26.